The third-order valence-electron chi connectivity index (χ3n) is 4.68. The summed E-state index contributed by atoms with van der Waals surface area (Å²) >= 11 is 0. The number of hydrogen-bond donors (Lipinski definition) is 1. The largest absolute Gasteiger partial charge is 0.326 e. The molecule has 3 heteroatoms. The second-order valence-corrected chi connectivity index (χ2v) is 6.94. The van der Waals surface area contributed by atoms with Gasteiger partial charge in [-0.05, 0) is 30.6 Å². The summed E-state index contributed by atoms with van der Waals surface area (Å²) in [6.07, 6.45) is 6.36. The van der Waals surface area contributed by atoms with Crippen molar-refractivity contribution in [2.24, 2.45) is 17.8 Å². The second kappa shape index (κ2) is 6.25. The van der Waals surface area contributed by atoms with Gasteiger partial charge in [0.2, 0.25) is 5.91 Å². The molecule has 3 nitrogen and oxygen atoms in total. The van der Waals surface area contributed by atoms with Crippen LogP contribution >= 0.6 is 0 Å². The average Bonchev–Trinajstić information content (AvgIpc) is 3.13. The molecule has 2 fully saturated rings. The lowest BCUT2D eigenvalue weighted by Gasteiger charge is -2.25. The molecule has 1 saturated heterocycles. The molecule has 0 aromatic rings. The molecule has 1 aliphatic carbocycles. The molecule has 1 amide bonds. The number of carbonyl (C=O) groups is 1. The fourth-order valence-corrected chi connectivity index (χ4v) is 2.98. The lowest BCUT2D eigenvalue weighted by Crippen LogP contribution is -2.39. The van der Waals surface area contributed by atoms with Gasteiger partial charge in [-0.25, -0.2) is 0 Å². The quantitative estimate of drug-likeness (QED) is 0.768. The Morgan fingerprint density at radius 2 is 2.00 bits per heavy atom. The fourth-order valence-electron chi connectivity index (χ4n) is 2.98. The molecule has 3 unspecified atom stereocenters. The van der Waals surface area contributed by atoms with Crippen LogP contribution in [0.3, 0.4) is 0 Å². The Kier molecular flexibility index (Phi) is 4.88. The van der Waals surface area contributed by atoms with Crippen LogP contribution in [-0.4, -0.2) is 29.6 Å². The monoisotopic (exact) mass is 266 g/mol. The molecule has 1 saturated carbocycles. The van der Waals surface area contributed by atoms with Gasteiger partial charge < -0.3 is 4.90 Å². The van der Waals surface area contributed by atoms with Crippen molar-refractivity contribution in [3.63, 3.8) is 0 Å². The van der Waals surface area contributed by atoms with Gasteiger partial charge in [-0.1, -0.05) is 47.0 Å². The van der Waals surface area contributed by atoms with Crippen LogP contribution in [0.5, 0.6) is 0 Å². The summed E-state index contributed by atoms with van der Waals surface area (Å²) in [5.41, 5.74) is 0. The number of carbonyl (C=O) groups excluding carboxylic acids is 1. The van der Waals surface area contributed by atoms with E-state index in [2.05, 4.69) is 37.9 Å². The number of nitrogens with zero attached hydrogens (tertiary/aromatic N) is 1. The summed E-state index contributed by atoms with van der Waals surface area (Å²) in [7, 11) is 0. The molecular formula is C16H30N2O. The zero-order valence-corrected chi connectivity index (χ0v) is 13.0. The molecule has 0 spiro atoms. The maximum Gasteiger partial charge on any atom is 0.241 e. The molecule has 110 valence electrons. The van der Waals surface area contributed by atoms with Gasteiger partial charge in [-0.3, -0.25) is 10.1 Å². The molecule has 2 rings (SSSR count). The molecule has 3 atom stereocenters. The van der Waals surface area contributed by atoms with Crippen molar-refractivity contribution >= 4 is 5.91 Å². The first-order chi connectivity index (χ1) is 9.02. The van der Waals surface area contributed by atoms with Crippen molar-refractivity contribution in [1.29, 1.82) is 0 Å². The minimum Gasteiger partial charge on any atom is -0.326 e. The van der Waals surface area contributed by atoms with Gasteiger partial charge in [-0.15, -0.1) is 0 Å². The van der Waals surface area contributed by atoms with Gasteiger partial charge in [0.1, 0.15) is 0 Å². The van der Waals surface area contributed by atoms with Crippen molar-refractivity contribution in [3.05, 3.63) is 0 Å². The van der Waals surface area contributed by atoms with Gasteiger partial charge in [0.05, 0.1) is 12.2 Å². The first-order valence-electron chi connectivity index (χ1n) is 8.09. The fraction of sp³-hybridized carbons (Fsp3) is 0.938. The normalized spacial score (nSPS) is 29.3. The van der Waals surface area contributed by atoms with Crippen LogP contribution in [0, 0.1) is 17.8 Å². The van der Waals surface area contributed by atoms with Gasteiger partial charge in [0.15, 0.2) is 0 Å². The van der Waals surface area contributed by atoms with Crippen LogP contribution in [0.4, 0.5) is 0 Å². The van der Waals surface area contributed by atoms with E-state index in [0.717, 1.165) is 25.3 Å². The number of amides is 1. The van der Waals surface area contributed by atoms with Crippen molar-refractivity contribution in [3.8, 4) is 0 Å². The third kappa shape index (κ3) is 3.71. The van der Waals surface area contributed by atoms with Crippen molar-refractivity contribution < 1.29 is 4.79 Å². The summed E-state index contributed by atoms with van der Waals surface area (Å²) in [6.45, 7) is 9.79. The minimum atomic E-state index is 0.0490. The second-order valence-electron chi connectivity index (χ2n) is 6.94. The van der Waals surface area contributed by atoms with Gasteiger partial charge in [0.25, 0.3) is 0 Å². The van der Waals surface area contributed by atoms with Gasteiger partial charge in [-0.2, -0.15) is 0 Å². The van der Waals surface area contributed by atoms with Crippen LogP contribution < -0.4 is 5.32 Å². The lowest BCUT2D eigenvalue weighted by molar-refractivity contribution is -0.131. The Balaban J connectivity index is 1.98. The van der Waals surface area contributed by atoms with E-state index in [1.807, 2.05) is 0 Å². The molecule has 19 heavy (non-hydrogen) atoms. The molecule has 0 aromatic heterocycles. The SMILES string of the molecule is CCC(C)C1NC(CC(C)C)N(CCC2CC2)C1=O. The van der Waals surface area contributed by atoms with Crippen LogP contribution in [-0.2, 0) is 4.79 Å². The highest BCUT2D eigenvalue weighted by Gasteiger charge is 2.41. The molecule has 0 radical (unpaired) electrons. The van der Waals surface area contributed by atoms with Gasteiger partial charge >= 0.3 is 0 Å². The Labute approximate surface area is 118 Å². The summed E-state index contributed by atoms with van der Waals surface area (Å²) in [4.78, 5) is 14.7. The summed E-state index contributed by atoms with van der Waals surface area (Å²) in [5.74, 6) is 2.31. The topological polar surface area (TPSA) is 32.3 Å². The Morgan fingerprint density at radius 3 is 2.53 bits per heavy atom. The van der Waals surface area contributed by atoms with Crippen LogP contribution in [0.15, 0.2) is 0 Å². The molecule has 1 aliphatic heterocycles. The first kappa shape index (κ1) is 14.8. The van der Waals surface area contributed by atoms with Gasteiger partial charge in [0, 0.05) is 6.54 Å². The lowest BCUT2D eigenvalue weighted by atomic mass is 9.99. The zero-order valence-electron chi connectivity index (χ0n) is 13.0. The van der Waals surface area contributed by atoms with E-state index in [-0.39, 0.29) is 12.2 Å². The highest BCUT2D eigenvalue weighted by molar-refractivity contribution is 5.84. The number of nitrogens with one attached hydrogen (secondary N) is 1. The molecule has 2 aliphatic rings. The van der Waals surface area contributed by atoms with E-state index in [9.17, 15) is 4.79 Å². The number of hydrogen-bond acceptors (Lipinski definition) is 2. The maximum absolute atomic E-state index is 12.6. The van der Waals surface area contributed by atoms with Crippen LogP contribution in [0.2, 0.25) is 0 Å². The predicted octanol–water partition coefficient (Wildman–Crippen LogP) is 3.01. The molecule has 1 N–H and O–H groups in total. The maximum atomic E-state index is 12.6. The van der Waals surface area contributed by atoms with E-state index in [1.165, 1.54) is 19.3 Å². The van der Waals surface area contributed by atoms with E-state index >= 15 is 0 Å². The smallest absolute Gasteiger partial charge is 0.241 e. The van der Waals surface area contributed by atoms with Crippen molar-refractivity contribution in [2.75, 3.05) is 6.54 Å². The Morgan fingerprint density at radius 1 is 1.32 bits per heavy atom. The molecule has 0 aromatic carbocycles. The third-order valence-corrected chi connectivity index (χ3v) is 4.68. The molecule has 0 bridgehead atoms. The summed E-state index contributed by atoms with van der Waals surface area (Å²) < 4.78 is 0. The van der Waals surface area contributed by atoms with E-state index < -0.39 is 0 Å². The summed E-state index contributed by atoms with van der Waals surface area (Å²) in [6, 6.07) is 0.0490. The van der Waals surface area contributed by atoms with Crippen LogP contribution in [0.25, 0.3) is 0 Å². The van der Waals surface area contributed by atoms with Crippen molar-refractivity contribution in [1.82, 2.24) is 10.2 Å². The Bertz CT molecular complexity index is 312. The van der Waals surface area contributed by atoms with E-state index in [1.54, 1.807) is 0 Å². The average molecular weight is 266 g/mol. The zero-order chi connectivity index (χ0) is 14.0. The summed E-state index contributed by atoms with van der Waals surface area (Å²) in [5, 5.41) is 3.59. The Hall–Kier alpha value is -0.570. The van der Waals surface area contributed by atoms with E-state index in [0.29, 0.717) is 17.7 Å². The molecule has 1 heterocycles. The highest BCUT2D eigenvalue weighted by Crippen LogP contribution is 2.33. The van der Waals surface area contributed by atoms with E-state index in [4.69, 9.17) is 0 Å². The predicted molar refractivity (Wildman–Crippen MR) is 78.7 cm³/mol. The van der Waals surface area contributed by atoms with Crippen LogP contribution in [0.1, 0.15) is 59.8 Å². The highest BCUT2D eigenvalue weighted by atomic mass is 16.2. The minimum absolute atomic E-state index is 0.0490. The number of rotatable bonds is 7. The standard InChI is InChI=1S/C16H30N2O/c1-5-12(4)15-16(19)18(9-8-13-6-7-13)14(17-15)10-11(2)3/h11-15,17H,5-10H2,1-4H3. The first-order valence-corrected chi connectivity index (χ1v) is 8.09. The molecular weight excluding hydrogens is 236 g/mol. The van der Waals surface area contributed by atoms with Crippen molar-refractivity contribution in [2.45, 2.75) is 72.0 Å².